The van der Waals surface area contributed by atoms with Gasteiger partial charge in [-0.05, 0) is 67.1 Å². The van der Waals surface area contributed by atoms with Crippen molar-refractivity contribution in [3.05, 3.63) is 34.3 Å². The molecule has 0 spiro atoms. The number of hydrogen-bond donors (Lipinski definition) is 1. The smallest absolute Gasteiger partial charge is 0.223 e. The van der Waals surface area contributed by atoms with E-state index in [1.165, 1.54) is 5.56 Å². The fourth-order valence-corrected chi connectivity index (χ4v) is 5.01. The maximum atomic E-state index is 13.0. The molecule has 148 valence electrons. The third kappa shape index (κ3) is 4.01. The summed E-state index contributed by atoms with van der Waals surface area (Å²) in [4.78, 5) is 25.4. The van der Waals surface area contributed by atoms with Crippen molar-refractivity contribution in [1.29, 1.82) is 0 Å². The Balaban J connectivity index is 1.61. The summed E-state index contributed by atoms with van der Waals surface area (Å²) < 4.78 is 1.11. The van der Waals surface area contributed by atoms with E-state index in [2.05, 4.69) is 66.3 Å². The number of amides is 1. The Morgan fingerprint density at radius 3 is 2.04 bits per heavy atom. The molecule has 0 unspecified atom stereocenters. The Morgan fingerprint density at radius 1 is 1.04 bits per heavy atom. The Morgan fingerprint density at radius 2 is 1.56 bits per heavy atom. The quantitative estimate of drug-likeness (QED) is 0.674. The summed E-state index contributed by atoms with van der Waals surface area (Å²) in [5, 5.41) is 2.92. The molecule has 0 aromatic heterocycles. The van der Waals surface area contributed by atoms with Gasteiger partial charge < -0.3 is 5.32 Å². The normalized spacial score (nSPS) is 28.6. The second-order valence-electron chi connectivity index (χ2n) is 9.80. The van der Waals surface area contributed by atoms with Gasteiger partial charge in [0.2, 0.25) is 5.91 Å². The van der Waals surface area contributed by atoms with Crippen molar-refractivity contribution in [1.82, 2.24) is 5.32 Å². The van der Waals surface area contributed by atoms with Crippen molar-refractivity contribution in [3.8, 4) is 0 Å². The molecule has 2 bridgehead atoms. The maximum Gasteiger partial charge on any atom is 0.223 e. The number of hydrogen-bond acceptors (Lipinski definition) is 2. The highest BCUT2D eigenvalue weighted by molar-refractivity contribution is 9.10. The van der Waals surface area contributed by atoms with Gasteiger partial charge in [0.05, 0.1) is 6.54 Å². The zero-order valence-electron chi connectivity index (χ0n) is 17.0. The zero-order chi connectivity index (χ0) is 19.9. The van der Waals surface area contributed by atoms with Crippen molar-refractivity contribution < 1.29 is 9.59 Å². The molecule has 3 fully saturated rings. The molecule has 4 heteroatoms. The minimum Gasteiger partial charge on any atom is -0.349 e. The van der Waals surface area contributed by atoms with E-state index in [9.17, 15) is 9.59 Å². The summed E-state index contributed by atoms with van der Waals surface area (Å²) in [7, 11) is 0. The fourth-order valence-electron chi connectivity index (χ4n) is 4.74. The van der Waals surface area contributed by atoms with Crippen molar-refractivity contribution in [2.45, 2.75) is 71.6 Å². The van der Waals surface area contributed by atoms with Crippen LogP contribution in [-0.4, -0.2) is 18.2 Å². The van der Waals surface area contributed by atoms with Crippen LogP contribution in [0.3, 0.4) is 0 Å². The fraction of sp³-hybridized carbons (Fsp3) is 0.652. The molecule has 1 amide bonds. The van der Waals surface area contributed by atoms with Gasteiger partial charge in [-0.1, -0.05) is 55.8 Å². The van der Waals surface area contributed by atoms with Crippen LogP contribution in [0.1, 0.15) is 71.8 Å². The first-order valence-corrected chi connectivity index (χ1v) is 10.9. The molecule has 3 nitrogen and oxygen atoms in total. The largest absolute Gasteiger partial charge is 0.349 e. The summed E-state index contributed by atoms with van der Waals surface area (Å²) in [6, 6.07) is 8.71. The molecule has 1 aromatic carbocycles. The van der Waals surface area contributed by atoms with Gasteiger partial charge >= 0.3 is 0 Å². The van der Waals surface area contributed by atoms with Gasteiger partial charge in [0, 0.05) is 15.8 Å². The summed E-state index contributed by atoms with van der Waals surface area (Å²) in [6.07, 6.45) is 6.08. The lowest BCUT2D eigenvalue weighted by Gasteiger charge is -2.53. The number of nitrogens with one attached hydrogen (secondary N) is 1. The van der Waals surface area contributed by atoms with Crippen molar-refractivity contribution in [2.24, 2.45) is 16.7 Å². The number of fused-ring (bicyclic) bond motifs is 3. The SMILES string of the molecule is C[C@H](C(=O)NCC(=O)C12CCC(c3ccc(Br)cc3)(CC1)CC2)C(C)(C)C. The Bertz CT molecular complexity index is 692. The highest BCUT2D eigenvalue weighted by atomic mass is 79.9. The first-order valence-electron chi connectivity index (χ1n) is 10.2. The molecule has 1 N–H and O–H groups in total. The molecule has 4 rings (SSSR count). The monoisotopic (exact) mass is 433 g/mol. The van der Waals surface area contributed by atoms with E-state index < -0.39 is 0 Å². The van der Waals surface area contributed by atoms with Crippen LogP contribution in [0.5, 0.6) is 0 Å². The topological polar surface area (TPSA) is 46.2 Å². The van der Waals surface area contributed by atoms with E-state index >= 15 is 0 Å². The van der Waals surface area contributed by atoms with Crippen molar-refractivity contribution >= 4 is 27.6 Å². The minimum atomic E-state index is -0.213. The summed E-state index contributed by atoms with van der Waals surface area (Å²) in [6.45, 7) is 8.29. The molecule has 0 saturated heterocycles. The number of Topliss-reactive ketones (excluding diaryl/α,β-unsaturated/α-hetero) is 1. The van der Waals surface area contributed by atoms with Gasteiger partial charge in [-0.15, -0.1) is 0 Å². The lowest BCUT2D eigenvalue weighted by atomic mass is 9.51. The van der Waals surface area contributed by atoms with E-state index in [1.807, 2.05) is 6.92 Å². The molecule has 3 saturated carbocycles. The molecular weight excluding hydrogens is 402 g/mol. The van der Waals surface area contributed by atoms with Crippen LogP contribution in [0.2, 0.25) is 0 Å². The number of ketones is 1. The zero-order valence-corrected chi connectivity index (χ0v) is 18.6. The summed E-state index contributed by atoms with van der Waals surface area (Å²) >= 11 is 3.52. The standard InChI is InChI=1S/C23H32BrNO2/c1-16(21(2,3)4)20(27)25-15-19(26)23-12-9-22(10-13-23,11-14-23)17-5-7-18(24)8-6-17/h5-8,16H,9-15H2,1-4H3,(H,25,27)/t16-,22?,23?/m1/s1. The lowest BCUT2D eigenvalue weighted by Crippen LogP contribution is -2.51. The third-order valence-corrected chi connectivity index (χ3v) is 7.94. The van der Waals surface area contributed by atoms with Crippen LogP contribution in [0.15, 0.2) is 28.7 Å². The molecule has 0 radical (unpaired) electrons. The molecule has 1 aromatic rings. The summed E-state index contributed by atoms with van der Waals surface area (Å²) in [5.74, 6) is 0.120. The van der Waals surface area contributed by atoms with Gasteiger partial charge in [0.1, 0.15) is 0 Å². The first-order chi connectivity index (χ1) is 12.6. The Labute approximate surface area is 171 Å². The van der Waals surface area contributed by atoms with Crippen LogP contribution in [0.4, 0.5) is 0 Å². The van der Waals surface area contributed by atoms with E-state index in [1.54, 1.807) is 0 Å². The van der Waals surface area contributed by atoms with Crippen LogP contribution in [0, 0.1) is 16.7 Å². The van der Waals surface area contributed by atoms with E-state index in [0.717, 1.165) is 43.0 Å². The molecule has 0 heterocycles. The average Bonchev–Trinajstić information content (AvgIpc) is 2.66. The van der Waals surface area contributed by atoms with Gasteiger partial charge in [-0.25, -0.2) is 0 Å². The van der Waals surface area contributed by atoms with E-state index in [4.69, 9.17) is 0 Å². The number of halogens is 1. The third-order valence-electron chi connectivity index (χ3n) is 7.41. The number of benzene rings is 1. The molecule has 1 atom stereocenters. The van der Waals surface area contributed by atoms with Crippen LogP contribution in [0.25, 0.3) is 0 Å². The number of carbonyl (C=O) groups is 2. The lowest BCUT2D eigenvalue weighted by molar-refractivity contribution is -0.137. The van der Waals surface area contributed by atoms with Crippen LogP contribution in [-0.2, 0) is 15.0 Å². The first kappa shape index (κ1) is 20.6. The van der Waals surface area contributed by atoms with Gasteiger partial charge in [0.15, 0.2) is 5.78 Å². The molecule has 3 aliphatic rings. The number of carbonyl (C=O) groups excluding carboxylic acids is 2. The van der Waals surface area contributed by atoms with Crippen molar-refractivity contribution in [2.75, 3.05) is 6.54 Å². The Hall–Kier alpha value is -1.16. The minimum absolute atomic E-state index is 0.0110. The predicted molar refractivity (Wildman–Crippen MR) is 113 cm³/mol. The summed E-state index contributed by atoms with van der Waals surface area (Å²) in [5.41, 5.74) is 1.35. The van der Waals surface area contributed by atoms with Crippen molar-refractivity contribution in [3.63, 3.8) is 0 Å². The van der Waals surface area contributed by atoms with Gasteiger partial charge in [-0.2, -0.15) is 0 Å². The predicted octanol–water partition coefficient (Wildman–Crippen LogP) is 5.41. The molecular formula is C23H32BrNO2. The van der Waals surface area contributed by atoms with E-state index in [0.29, 0.717) is 0 Å². The highest BCUT2D eigenvalue weighted by Gasteiger charge is 2.52. The average molecular weight is 434 g/mol. The Kier molecular flexibility index (Phi) is 5.60. The molecule has 27 heavy (non-hydrogen) atoms. The van der Waals surface area contributed by atoms with E-state index in [-0.39, 0.29) is 40.4 Å². The maximum absolute atomic E-state index is 13.0. The van der Waals surface area contributed by atoms with Crippen LogP contribution >= 0.6 is 15.9 Å². The second-order valence-corrected chi connectivity index (χ2v) is 10.7. The second kappa shape index (κ2) is 7.35. The van der Waals surface area contributed by atoms with Crippen LogP contribution < -0.4 is 5.32 Å². The molecule has 0 aliphatic heterocycles. The molecule has 3 aliphatic carbocycles. The van der Waals surface area contributed by atoms with Gasteiger partial charge in [-0.3, -0.25) is 9.59 Å². The van der Waals surface area contributed by atoms with Gasteiger partial charge in [0.25, 0.3) is 0 Å². The highest BCUT2D eigenvalue weighted by Crippen LogP contribution is 2.58. The number of rotatable bonds is 5.